The van der Waals surface area contributed by atoms with E-state index in [9.17, 15) is 9.90 Å². The molecule has 0 amide bonds. The van der Waals surface area contributed by atoms with Gasteiger partial charge in [0.15, 0.2) is 0 Å². The maximum atomic E-state index is 11.2. The minimum Gasteiger partial charge on any atom is -0.394 e. The molecule has 0 aromatic heterocycles. The highest BCUT2D eigenvalue weighted by Crippen LogP contribution is 2.29. The highest BCUT2D eigenvalue weighted by Gasteiger charge is 2.31. The molecule has 1 unspecified atom stereocenters. The summed E-state index contributed by atoms with van der Waals surface area (Å²) in [7, 11) is 0. The van der Waals surface area contributed by atoms with E-state index in [-0.39, 0.29) is 18.7 Å². The van der Waals surface area contributed by atoms with Crippen molar-refractivity contribution in [2.75, 3.05) is 13.2 Å². The van der Waals surface area contributed by atoms with Crippen LogP contribution in [0.3, 0.4) is 0 Å². The number of hydrogen-bond donors (Lipinski definition) is 1. The minimum absolute atomic E-state index is 0.0566. The number of aliphatic hydroxyl groups excluding tert-OH is 1. The predicted molar refractivity (Wildman–Crippen MR) is 71.2 cm³/mol. The van der Waals surface area contributed by atoms with E-state index in [1.54, 1.807) is 0 Å². The molecule has 3 atom stereocenters. The van der Waals surface area contributed by atoms with Crippen LogP contribution < -0.4 is 0 Å². The fourth-order valence-electron chi connectivity index (χ4n) is 2.79. The van der Waals surface area contributed by atoms with Crippen molar-refractivity contribution in [1.29, 1.82) is 0 Å². The molecule has 0 aliphatic carbocycles. The van der Waals surface area contributed by atoms with Crippen molar-refractivity contribution in [3.63, 3.8) is 0 Å². The van der Waals surface area contributed by atoms with E-state index in [0.717, 1.165) is 31.2 Å². The first-order chi connectivity index (χ1) is 8.76. The van der Waals surface area contributed by atoms with E-state index in [4.69, 9.17) is 0 Å². The van der Waals surface area contributed by atoms with Crippen LogP contribution in [-0.4, -0.2) is 35.5 Å². The van der Waals surface area contributed by atoms with Gasteiger partial charge in [-0.05, 0) is 24.3 Å². The lowest BCUT2D eigenvalue weighted by atomic mass is 9.91. The van der Waals surface area contributed by atoms with Gasteiger partial charge in [0.05, 0.1) is 18.7 Å². The van der Waals surface area contributed by atoms with Gasteiger partial charge in [0.1, 0.15) is 6.29 Å². The zero-order valence-electron chi connectivity index (χ0n) is 10.8. The molecule has 3 heteroatoms. The Balaban J connectivity index is 2.22. The second-order valence-electron chi connectivity index (χ2n) is 5.19. The van der Waals surface area contributed by atoms with Crippen LogP contribution in [0.1, 0.15) is 31.4 Å². The fourth-order valence-corrected chi connectivity index (χ4v) is 2.79. The molecule has 1 saturated heterocycles. The maximum absolute atomic E-state index is 11.2. The van der Waals surface area contributed by atoms with Crippen LogP contribution in [0, 0.1) is 5.92 Å². The van der Waals surface area contributed by atoms with E-state index in [1.165, 1.54) is 0 Å². The van der Waals surface area contributed by atoms with Crippen LogP contribution in [0.4, 0.5) is 0 Å². The van der Waals surface area contributed by atoms with E-state index < -0.39 is 0 Å². The summed E-state index contributed by atoms with van der Waals surface area (Å²) in [6.45, 7) is 3.14. The Morgan fingerprint density at radius 2 is 2.11 bits per heavy atom. The first-order valence-corrected chi connectivity index (χ1v) is 6.63. The van der Waals surface area contributed by atoms with Crippen molar-refractivity contribution < 1.29 is 9.90 Å². The van der Waals surface area contributed by atoms with Gasteiger partial charge in [-0.2, -0.15) is 0 Å². The van der Waals surface area contributed by atoms with Crippen LogP contribution in [0.2, 0.25) is 0 Å². The Kier molecular flexibility index (Phi) is 4.50. The van der Waals surface area contributed by atoms with Gasteiger partial charge in [-0.1, -0.05) is 37.3 Å². The molecule has 1 aromatic rings. The Hall–Kier alpha value is -1.19. The molecule has 1 fully saturated rings. The molecular weight excluding hydrogens is 226 g/mol. The van der Waals surface area contributed by atoms with Crippen molar-refractivity contribution in [2.45, 2.75) is 31.8 Å². The zero-order valence-corrected chi connectivity index (χ0v) is 10.8. The molecule has 18 heavy (non-hydrogen) atoms. The third-order valence-corrected chi connectivity index (χ3v) is 3.82. The minimum atomic E-state index is -0.0656. The monoisotopic (exact) mass is 247 g/mol. The lowest BCUT2D eigenvalue weighted by molar-refractivity contribution is -0.115. The summed E-state index contributed by atoms with van der Waals surface area (Å²) in [6.07, 6.45) is 3.01. The summed E-state index contributed by atoms with van der Waals surface area (Å²) >= 11 is 0. The van der Waals surface area contributed by atoms with Crippen LogP contribution in [0.15, 0.2) is 30.3 Å². The van der Waals surface area contributed by atoms with E-state index in [0.29, 0.717) is 5.92 Å². The van der Waals surface area contributed by atoms with E-state index in [1.807, 2.05) is 30.3 Å². The summed E-state index contributed by atoms with van der Waals surface area (Å²) in [5.41, 5.74) is 1.08. The van der Waals surface area contributed by atoms with Crippen molar-refractivity contribution in [2.24, 2.45) is 5.92 Å². The summed E-state index contributed by atoms with van der Waals surface area (Å²) in [6, 6.07) is 9.82. The van der Waals surface area contributed by atoms with Crippen LogP contribution in [0.5, 0.6) is 0 Å². The van der Waals surface area contributed by atoms with Gasteiger partial charge >= 0.3 is 0 Å². The Labute approximate surface area is 108 Å². The fraction of sp³-hybridized carbons (Fsp3) is 0.533. The van der Waals surface area contributed by atoms with Gasteiger partial charge in [0.25, 0.3) is 0 Å². The van der Waals surface area contributed by atoms with Gasteiger partial charge in [0.2, 0.25) is 0 Å². The number of aliphatic hydroxyl groups is 1. The summed E-state index contributed by atoms with van der Waals surface area (Å²) in [5, 5.41) is 9.67. The molecule has 3 nitrogen and oxygen atoms in total. The molecule has 1 aliphatic rings. The standard InChI is InChI=1S/C15H21NO2/c1-12-7-8-14(10-17)16(9-12)15(11-18)13-5-3-2-4-6-13/h2-6,10,12,14-15,18H,7-9,11H2,1H3/t12-,14?,15+/m1/s1. The predicted octanol–water partition coefficient (Wildman–Crippen LogP) is 2.02. The van der Waals surface area contributed by atoms with Gasteiger partial charge in [-0.25, -0.2) is 0 Å². The average molecular weight is 247 g/mol. The number of piperidine rings is 1. The molecular formula is C15H21NO2. The lowest BCUT2D eigenvalue weighted by Crippen LogP contribution is -2.46. The number of hydrogen-bond acceptors (Lipinski definition) is 3. The number of likely N-dealkylation sites (tertiary alicyclic amines) is 1. The summed E-state index contributed by atoms with van der Waals surface area (Å²) < 4.78 is 0. The van der Waals surface area contributed by atoms with Crippen molar-refractivity contribution in [1.82, 2.24) is 4.90 Å². The molecule has 0 bridgehead atoms. The van der Waals surface area contributed by atoms with Gasteiger partial charge < -0.3 is 9.90 Å². The number of carbonyl (C=O) groups is 1. The third kappa shape index (κ3) is 2.79. The molecule has 1 heterocycles. The Morgan fingerprint density at radius 1 is 1.39 bits per heavy atom. The number of benzene rings is 1. The molecule has 1 aromatic carbocycles. The van der Waals surface area contributed by atoms with Crippen molar-refractivity contribution in [3.8, 4) is 0 Å². The lowest BCUT2D eigenvalue weighted by Gasteiger charge is -2.40. The number of aldehydes is 1. The second kappa shape index (κ2) is 6.12. The van der Waals surface area contributed by atoms with Crippen LogP contribution in [-0.2, 0) is 4.79 Å². The average Bonchev–Trinajstić information content (AvgIpc) is 2.41. The number of rotatable bonds is 4. The molecule has 2 rings (SSSR count). The van der Waals surface area contributed by atoms with Gasteiger partial charge in [0, 0.05) is 6.54 Å². The van der Waals surface area contributed by atoms with Gasteiger partial charge in [-0.3, -0.25) is 4.90 Å². The zero-order chi connectivity index (χ0) is 13.0. The first-order valence-electron chi connectivity index (χ1n) is 6.63. The van der Waals surface area contributed by atoms with E-state index >= 15 is 0 Å². The topological polar surface area (TPSA) is 40.5 Å². The van der Waals surface area contributed by atoms with Crippen LogP contribution in [0.25, 0.3) is 0 Å². The summed E-state index contributed by atoms with van der Waals surface area (Å²) in [5.74, 6) is 0.582. The highest BCUT2D eigenvalue weighted by atomic mass is 16.3. The van der Waals surface area contributed by atoms with Crippen molar-refractivity contribution >= 4 is 6.29 Å². The second-order valence-corrected chi connectivity index (χ2v) is 5.19. The molecule has 0 radical (unpaired) electrons. The molecule has 0 spiro atoms. The SMILES string of the molecule is C[C@@H]1CCC(C=O)N([C@@H](CO)c2ccccc2)C1. The van der Waals surface area contributed by atoms with Crippen molar-refractivity contribution in [3.05, 3.63) is 35.9 Å². The molecule has 0 saturated carbocycles. The Bertz CT molecular complexity index is 379. The Morgan fingerprint density at radius 3 is 2.72 bits per heavy atom. The third-order valence-electron chi connectivity index (χ3n) is 3.82. The largest absolute Gasteiger partial charge is 0.394 e. The normalized spacial score (nSPS) is 26.8. The van der Waals surface area contributed by atoms with Crippen LogP contribution >= 0.6 is 0 Å². The molecule has 1 N–H and O–H groups in total. The van der Waals surface area contributed by atoms with E-state index in [2.05, 4.69) is 11.8 Å². The highest BCUT2D eigenvalue weighted by molar-refractivity contribution is 5.58. The first kappa shape index (κ1) is 13.2. The quantitative estimate of drug-likeness (QED) is 0.828. The number of nitrogens with zero attached hydrogens (tertiary/aromatic N) is 1. The molecule has 1 aliphatic heterocycles. The smallest absolute Gasteiger partial charge is 0.137 e. The number of carbonyl (C=O) groups excluding carboxylic acids is 1. The summed E-state index contributed by atoms with van der Waals surface area (Å²) in [4.78, 5) is 13.4. The van der Waals surface area contributed by atoms with Gasteiger partial charge in [-0.15, -0.1) is 0 Å². The molecule has 98 valence electrons. The maximum Gasteiger partial charge on any atom is 0.137 e.